The topological polar surface area (TPSA) is 83.8 Å². The summed E-state index contributed by atoms with van der Waals surface area (Å²) in [5.41, 5.74) is 4.57. The molecule has 0 spiro atoms. The summed E-state index contributed by atoms with van der Waals surface area (Å²) in [5, 5.41) is 19.5. The summed E-state index contributed by atoms with van der Waals surface area (Å²) in [7, 11) is 0. The van der Waals surface area contributed by atoms with Crippen LogP contribution in [0.15, 0.2) is 48.5 Å². The van der Waals surface area contributed by atoms with E-state index < -0.39 is 24.0 Å². The normalized spacial score (nSPS) is 21.8. The number of aliphatic hydroxyl groups excluding tert-OH is 1. The third-order valence-electron chi connectivity index (χ3n) is 6.33. The highest BCUT2D eigenvalue weighted by Gasteiger charge is 2.35. The van der Waals surface area contributed by atoms with E-state index in [-0.39, 0.29) is 24.9 Å². The van der Waals surface area contributed by atoms with E-state index in [1.165, 1.54) is 0 Å². The van der Waals surface area contributed by atoms with Crippen molar-refractivity contribution in [2.75, 3.05) is 6.61 Å². The van der Waals surface area contributed by atoms with E-state index in [2.05, 4.69) is 24.3 Å². The van der Waals surface area contributed by atoms with Crippen molar-refractivity contribution in [2.24, 2.45) is 11.8 Å². The molecule has 2 aliphatic carbocycles. The summed E-state index contributed by atoms with van der Waals surface area (Å²) < 4.78 is 5.57. The zero-order valence-corrected chi connectivity index (χ0v) is 16.3. The molecule has 0 aromatic heterocycles. The summed E-state index contributed by atoms with van der Waals surface area (Å²) in [6.45, 7) is 0.201. The number of carboxylic acid groups (broad SMARTS) is 1. The van der Waals surface area contributed by atoms with E-state index in [4.69, 9.17) is 4.74 Å². The van der Waals surface area contributed by atoms with Crippen molar-refractivity contribution in [2.45, 2.75) is 44.1 Å². The highest BCUT2D eigenvalue weighted by molar-refractivity contribution is 5.80. The number of rotatable bonds is 6. The van der Waals surface area contributed by atoms with Crippen LogP contribution in [0.4, 0.5) is 0 Å². The van der Waals surface area contributed by atoms with Gasteiger partial charge in [0.25, 0.3) is 0 Å². The van der Waals surface area contributed by atoms with E-state index in [1.54, 1.807) is 0 Å². The fraction of sp³-hybridized carbons (Fsp3) is 0.417. The number of aliphatic carboxylic acids is 1. The van der Waals surface area contributed by atoms with Crippen molar-refractivity contribution in [1.29, 1.82) is 0 Å². The van der Waals surface area contributed by atoms with Gasteiger partial charge >= 0.3 is 11.9 Å². The number of aliphatic hydroxyl groups is 1. The van der Waals surface area contributed by atoms with Crippen molar-refractivity contribution in [1.82, 2.24) is 0 Å². The molecule has 3 atom stereocenters. The Morgan fingerprint density at radius 2 is 1.62 bits per heavy atom. The molecular weight excluding hydrogens is 368 g/mol. The van der Waals surface area contributed by atoms with Gasteiger partial charge in [-0.2, -0.15) is 0 Å². The first kappa shape index (κ1) is 19.6. The van der Waals surface area contributed by atoms with Crippen molar-refractivity contribution in [3.63, 3.8) is 0 Å². The highest BCUT2D eigenvalue weighted by atomic mass is 16.5. The molecule has 29 heavy (non-hydrogen) atoms. The molecule has 5 heteroatoms. The van der Waals surface area contributed by atoms with Crippen LogP contribution in [0.3, 0.4) is 0 Å². The lowest BCUT2D eigenvalue weighted by Gasteiger charge is -2.30. The number of ether oxygens (including phenoxy) is 1. The van der Waals surface area contributed by atoms with Gasteiger partial charge < -0.3 is 14.9 Å². The van der Waals surface area contributed by atoms with Crippen LogP contribution in [0, 0.1) is 11.8 Å². The van der Waals surface area contributed by atoms with E-state index in [9.17, 15) is 19.8 Å². The van der Waals surface area contributed by atoms with E-state index in [0.717, 1.165) is 35.1 Å². The van der Waals surface area contributed by atoms with Gasteiger partial charge in [0.15, 0.2) is 0 Å². The largest absolute Gasteiger partial charge is 0.481 e. The van der Waals surface area contributed by atoms with Crippen LogP contribution in [-0.2, 0) is 14.3 Å². The second kappa shape index (κ2) is 8.37. The fourth-order valence-corrected chi connectivity index (χ4v) is 4.88. The summed E-state index contributed by atoms with van der Waals surface area (Å²) in [5.74, 6) is -2.50. The Morgan fingerprint density at radius 1 is 1.00 bits per heavy atom. The molecule has 5 nitrogen and oxygen atoms in total. The SMILES string of the molecule is O=C(C[C@H](C(=O)O)[C@H]1CCCC(O)C1)OCC1c2ccccc2-c2ccccc21. The monoisotopic (exact) mass is 394 g/mol. The second-order valence-corrected chi connectivity index (χ2v) is 8.14. The molecule has 4 rings (SSSR count). The number of carbonyl (C=O) groups is 2. The van der Waals surface area contributed by atoms with Crippen LogP contribution < -0.4 is 0 Å². The zero-order chi connectivity index (χ0) is 20.4. The molecule has 0 aliphatic heterocycles. The van der Waals surface area contributed by atoms with Crippen LogP contribution in [0.2, 0.25) is 0 Å². The van der Waals surface area contributed by atoms with E-state index in [0.29, 0.717) is 12.8 Å². The van der Waals surface area contributed by atoms with Crippen molar-refractivity contribution < 1.29 is 24.5 Å². The minimum absolute atomic E-state index is 0.0360. The second-order valence-electron chi connectivity index (χ2n) is 8.14. The zero-order valence-electron chi connectivity index (χ0n) is 16.3. The summed E-state index contributed by atoms with van der Waals surface area (Å²) in [4.78, 5) is 24.3. The number of carbonyl (C=O) groups excluding carboxylic acids is 1. The number of benzene rings is 2. The van der Waals surface area contributed by atoms with Crippen molar-refractivity contribution in [3.8, 4) is 11.1 Å². The van der Waals surface area contributed by atoms with Gasteiger partial charge in [-0.3, -0.25) is 9.59 Å². The average molecular weight is 394 g/mol. The first-order valence-corrected chi connectivity index (χ1v) is 10.3. The first-order valence-electron chi connectivity index (χ1n) is 10.3. The van der Waals surface area contributed by atoms with E-state index in [1.807, 2.05) is 24.3 Å². The lowest BCUT2D eigenvalue weighted by atomic mass is 9.77. The molecule has 152 valence electrons. The lowest BCUT2D eigenvalue weighted by Crippen LogP contribution is -2.32. The number of hydrogen-bond donors (Lipinski definition) is 2. The molecule has 0 bridgehead atoms. The maximum absolute atomic E-state index is 12.5. The predicted octanol–water partition coefficient (Wildman–Crippen LogP) is 3.98. The molecule has 0 heterocycles. The Kier molecular flexibility index (Phi) is 5.67. The standard InChI is InChI=1S/C24H26O5/c25-16-7-5-6-15(12-16)21(24(27)28)13-23(26)29-14-22-19-10-3-1-8-17(19)18-9-2-4-11-20(18)22/h1-4,8-11,15-16,21-22,25H,5-7,12-14H2,(H,27,28)/t15-,16?,21-/m0/s1. The minimum atomic E-state index is -0.988. The molecule has 2 aromatic rings. The van der Waals surface area contributed by atoms with Crippen LogP contribution >= 0.6 is 0 Å². The quantitative estimate of drug-likeness (QED) is 0.724. The van der Waals surface area contributed by atoms with E-state index >= 15 is 0 Å². The van der Waals surface area contributed by atoms with Gasteiger partial charge in [0.05, 0.1) is 18.4 Å². The molecule has 2 aliphatic rings. The maximum Gasteiger partial charge on any atom is 0.307 e. The Bertz CT molecular complexity index is 860. The molecular formula is C24H26O5. The fourth-order valence-electron chi connectivity index (χ4n) is 4.88. The summed E-state index contributed by atoms with van der Waals surface area (Å²) in [6, 6.07) is 16.2. The third-order valence-corrected chi connectivity index (χ3v) is 6.33. The Balaban J connectivity index is 1.43. The Hall–Kier alpha value is -2.66. The molecule has 2 N–H and O–H groups in total. The van der Waals surface area contributed by atoms with Gasteiger partial charge in [-0.05, 0) is 47.4 Å². The molecule has 0 amide bonds. The van der Waals surface area contributed by atoms with Gasteiger partial charge in [-0.25, -0.2) is 0 Å². The molecule has 1 saturated carbocycles. The molecule has 1 fully saturated rings. The summed E-state index contributed by atoms with van der Waals surface area (Å²) >= 11 is 0. The lowest BCUT2D eigenvalue weighted by molar-refractivity contribution is -0.154. The molecule has 1 unspecified atom stereocenters. The molecule has 0 saturated heterocycles. The van der Waals surface area contributed by atoms with Gasteiger partial charge in [-0.1, -0.05) is 55.0 Å². The summed E-state index contributed by atoms with van der Waals surface area (Å²) in [6.07, 6.45) is 2.04. The first-order chi connectivity index (χ1) is 14.0. The number of esters is 1. The predicted molar refractivity (Wildman–Crippen MR) is 108 cm³/mol. The Morgan fingerprint density at radius 3 is 2.21 bits per heavy atom. The van der Waals surface area contributed by atoms with Crippen LogP contribution in [-0.4, -0.2) is 34.9 Å². The van der Waals surface area contributed by atoms with Gasteiger partial charge in [0.2, 0.25) is 0 Å². The smallest absolute Gasteiger partial charge is 0.307 e. The number of hydrogen-bond acceptors (Lipinski definition) is 4. The number of carboxylic acids is 1. The third kappa shape index (κ3) is 4.06. The van der Waals surface area contributed by atoms with Crippen LogP contribution in [0.1, 0.15) is 49.1 Å². The van der Waals surface area contributed by atoms with Crippen LogP contribution in [0.5, 0.6) is 0 Å². The maximum atomic E-state index is 12.5. The van der Waals surface area contributed by atoms with Gasteiger partial charge in [0, 0.05) is 5.92 Å². The van der Waals surface area contributed by atoms with Gasteiger partial charge in [0.1, 0.15) is 6.61 Å². The molecule has 0 radical (unpaired) electrons. The minimum Gasteiger partial charge on any atom is -0.481 e. The number of fused-ring (bicyclic) bond motifs is 3. The average Bonchev–Trinajstić information content (AvgIpc) is 3.04. The Labute approximate surface area is 170 Å². The van der Waals surface area contributed by atoms with Crippen molar-refractivity contribution in [3.05, 3.63) is 59.7 Å². The highest BCUT2D eigenvalue weighted by Crippen LogP contribution is 2.44. The van der Waals surface area contributed by atoms with Gasteiger partial charge in [-0.15, -0.1) is 0 Å². The van der Waals surface area contributed by atoms with Crippen LogP contribution in [0.25, 0.3) is 11.1 Å². The molecule has 2 aromatic carbocycles. The van der Waals surface area contributed by atoms with Crippen molar-refractivity contribution >= 4 is 11.9 Å².